The number of hydrogen-bond acceptors (Lipinski definition) is 5. The molecule has 2 aromatic rings. The number of nitrogens with one attached hydrogen (secondary N) is 3. The molecule has 2 fully saturated rings. The summed E-state index contributed by atoms with van der Waals surface area (Å²) in [5, 5.41) is 18.4. The van der Waals surface area contributed by atoms with E-state index in [4.69, 9.17) is 11.6 Å². The third-order valence-corrected chi connectivity index (χ3v) is 8.08. The summed E-state index contributed by atoms with van der Waals surface area (Å²) in [5.74, 6) is -3.59. The van der Waals surface area contributed by atoms with E-state index in [1.165, 1.54) is 18.2 Å². The first-order valence-corrected chi connectivity index (χ1v) is 14.6. The van der Waals surface area contributed by atoms with Gasteiger partial charge in [0.2, 0.25) is 0 Å². The molecule has 0 unspecified atom stereocenters. The first-order valence-electron chi connectivity index (χ1n) is 14.2. The van der Waals surface area contributed by atoms with Gasteiger partial charge in [-0.1, -0.05) is 36.9 Å². The minimum Gasteiger partial charge on any atom is -0.388 e. The number of hydrogen-bond donors (Lipinski definition) is 4. The van der Waals surface area contributed by atoms with Crippen LogP contribution in [-0.4, -0.2) is 73.0 Å². The van der Waals surface area contributed by atoms with Crippen LogP contribution in [0.5, 0.6) is 0 Å². The Morgan fingerprint density at radius 1 is 0.953 bits per heavy atom. The Morgan fingerprint density at radius 3 is 2.33 bits per heavy atom. The van der Waals surface area contributed by atoms with Crippen LogP contribution in [0.1, 0.15) is 54.4 Å². The van der Waals surface area contributed by atoms with Crippen molar-refractivity contribution in [2.75, 3.05) is 49.5 Å². The number of aliphatic hydroxyl groups is 1. The van der Waals surface area contributed by atoms with Gasteiger partial charge in [-0.05, 0) is 37.1 Å². The molecule has 3 amide bonds. The smallest absolute Gasteiger partial charge is 0.388 e. The van der Waals surface area contributed by atoms with Crippen molar-refractivity contribution in [3.8, 4) is 0 Å². The van der Waals surface area contributed by atoms with Crippen LogP contribution in [0.2, 0.25) is 5.02 Å². The Balaban J connectivity index is 1.35. The largest absolute Gasteiger partial charge is 0.390 e. The fraction of sp³-hybridized carbons (Fsp3) is 0.517. The van der Waals surface area contributed by atoms with E-state index in [2.05, 4.69) is 16.0 Å². The summed E-state index contributed by atoms with van der Waals surface area (Å²) in [5.41, 5.74) is -0.919. The number of amides is 3. The second-order valence-corrected chi connectivity index (χ2v) is 11.5. The molecule has 0 atom stereocenters. The van der Waals surface area contributed by atoms with E-state index in [1.807, 2.05) is 4.90 Å². The predicted molar refractivity (Wildman–Crippen MR) is 153 cm³/mol. The van der Waals surface area contributed by atoms with Gasteiger partial charge in [-0.3, -0.25) is 9.69 Å². The maximum Gasteiger partial charge on any atom is 0.390 e. The Labute approximate surface area is 251 Å². The summed E-state index contributed by atoms with van der Waals surface area (Å²) in [6.07, 6.45) is -1.21. The number of benzene rings is 2. The SMILES string of the molecule is O=C(NCc1ccc(C(=O)Nc2ccc(Cl)cc2N2CCN(CCC(F)(F)F)CC2)c(F)c1F)NCC1(O)CCCCC1. The Morgan fingerprint density at radius 2 is 1.65 bits per heavy atom. The van der Waals surface area contributed by atoms with Gasteiger partial charge in [0, 0.05) is 56.4 Å². The van der Waals surface area contributed by atoms with Gasteiger partial charge >= 0.3 is 12.2 Å². The fourth-order valence-corrected chi connectivity index (χ4v) is 5.50. The minimum atomic E-state index is -4.24. The van der Waals surface area contributed by atoms with Gasteiger partial charge in [-0.2, -0.15) is 13.2 Å². The van der Waals surface area contributed by atoms with Crippen LogP contribution in [0.3, 0.4) is 0 Å². The van der Waals surface area contributed by atoms with Gasteiger partial charge in [0.1, 0.15) is 0 Å². The van der Waals surface area contributed by atoms with E-state index in [0.29, 0.717) is 49.7 Å². The maximum atomic E-state index is 15.0. The molecular formula is C29H35ClF5N5O3. The molecule has 2 aromatic carbocycles. The van der Waals surface area contributed by atoms with Crippen LogP contribution in [0, 0.1) is 11.6 Å². The molecule has 0 spiro atoms. The molecule has 236 valence electrons. The van der Waals surface area contributed by atoms with Crippen molar-refractivity contribution in [2.24, 2.45) is 0 Å². The van der Waals surface area contributed by atoms with Crippen LogP contribution in [0.15, 0.2) is 30.3 Å². The Kier molecular flexibility index (Phi) is 10.7. The summed E-state index contributed by atoms with van der Waals surface area (Å²) in [6.45, 7) is 1.08. The number of alkyl halides is 3. The van der Waals surface area contributed by atoms with Crippen LogP contribution in [0.4, 0.5) is 38.1 Å². The Hall–Kier alpha value is -3.16. The number of halogens is 6. The topological polar surface area (TPSA) is 96.9 Å². The van der Waals surface area contributed by atoms with E-state index in [9.17, 15) is 36.6 Å². The highest BCUT2D eigenvalue weighted by atomic mass is 35.5. The quantitative estimate of drug-likeness (QED) is 0.277. The first-order chi connectivity index (χ1) is 20.3. The lowest BCUT2D eigenvalue weighted by Gasteiger charge is -2.37. The lowest BCUT2D eigenvalue weighted by atomic mass is 9.85. The van der Waals surface area contributed by atoms with E-state index in [-0.39, 0.29) is 30.9 Å². The number of nitrogens with zero attached hydrogens (tertiary/aromatic N) is 2. The van der Waals surface area contributed by atoms with Crippen molar-refractivity contribution in [3.63, 3.8) is 0 Å². The highest BCUT2D eigenvalue weighted by Crippen LogP contribution is 2.32. The van der Waals surface area contributed by atoms with E-state index in [1.54, 1.807) is 11.0 Å². The number of carbonyl (C=O) groups is 2. The fourth-order valence-electron chi connectivity index (χ4n) is 5.33. The van der Waals surface area contributed by atoms with Gasteiger partial charge in [0.15, 0.2) is 11.6 Å². The number of piperazine rings is 1. The normalized spacial score (nSPS) is 17.4. The molecule has 1 aliphatic carbocycles. The number of urea groups is 1. The summed E-state index contributed by atoms with van der Waals surface area (Å²) in [6, 6.07) is 6.29. The minimum absolute atomic E-state index is 0.0508. The van der Waals surface area contributed by atoms with Gasteiger partial charge in [-0.25, -0.2) is 13.6 Å². The van der Waals surface area contributed by atoms with E-state index < -0.39 is 47.3 Å². The summed E-state index contributed by atoms with van der Waals surface area (Å²) in [4.78, 5) is 28.7. The molecule has 0 radical (unpaired) electrons. The van der Waals surface area contributed by atoms with Crippen LogP contribution >= 0.6 is 11.6 Å². The Bertz CT molecular complexity index is 1300. The molecule has 1 heterocycles. The molecule has 8 nitrogen and oxygen atoms in total. The highest BCUT2D eigenvalue weighted by Gasteiger charge is 2.30. The summed E-state index contributed by atoms with van der Waals surface area (Å²) >= 11 is 6.17. The van der Waals surface area contributed by atoms with Crippen LogP contribution in [0.25, 0.3) is 0 Å². The van der Waals surface area contributed by atoms with Crippen molar-refractivity contribution in [3.05, 3.63) is 58.1 Å². The van der Waals surface area contributed by atoms with Crippen molar-refractivity contribution in [1.82, 2.24) is 15.5 Å². The maximum absolute atomic E-state index is 15.0. The molecule has 1 saturated carbocycles. The van der Waals surface area contributed by atoms with Gasteiger partial charge in [-0.15, -0.1) is 0 Å². The third kappa shape index (κ3) is 9.16. The molecule has 1 saturated heterocycles. The molecule has 4 rings (SSSR count). The molecule has 43 heavy (non-hydrogen) atoms. The standard InChI is InChI=1S/C29H35ClF5N5O3/c30-20-5-7-22(23(16-20)40-14-12-39(13-15-40)11-10-29(33,34)35)38-26(41)21-6-4-19(24(31)25(21)32)17-36-27(42)37-18-28(43)8-2-1-3-9-28/h4-7,16,43H,1-3,8-15,17-18H2,(H,38,41)(H2,36,37,42). The third-order valence-electron chi connectivity index (χ3n) is 7.84. The van der Waals surface area contributed by atoms with E-state index >= 15 is 0 Å². The zero-order valence-electron chi connectivity index (χ0n) is 23.5. The van der Waals surface area contributed by atoms with E-state index in [0.717, 1.165) is 25.3 Å². The molecule has 2 aliphatic rings. The predicted octanol–water partition coefficient (Wildman–Crippen LogP) is 5.44. The van der Waals surface area contributed by atoms with Crippen LogP contribution < -0.4 is 20.9 Å². The average molecular weight is 632 g/mol. The van der Waals surface area contributed by atoms with Crippen molar-refractivity contribution in [1.29, 1.82) is 0 Å². The van der Waals surface area contributed by atoms with Crippen LogP contribution in [-0.2, 0) is 6.54 Å². The molecule has 1 aliphatic heterocycles. The molecule has 0 bridgehead atoms. The number of rotatable bonds is 9. The van der Waals surface area contributed by atoms with Gasteiger partial charge in [0.25, 0.3) is 5.91 Å². The monoisotopic (exact) mass is 631 g/mol. The van der Waals surface area contributed by atoms with Crippen molar-refractivity contribution >= 4 is 34.9 Å². The zero-order chi connectivity index (χ0) is 31.2. The summed E-state index contributed by atoms with van der Waals surface area (Å²) < 4.78 is 67.6. The molecule has 4 N–H and O–H groups in total. The molecule has 14 heteroatoms. The number of anilines is 2. The van der Waals surface area contributed by atoms with Gasteiger partial charge < -0.3 is 26.0 Å². The average Bonchev–Trinajstić information content (AvgIpc) is 2.97. The lowest BCUT2D eigenvalue weighted by Crippen LogP contribution is -2.47. The second kappa shape index (κ2) is 14.1. The molecular weight excluding hydrogens is 597 g/mol. The molecule has 0 aromatic heterocycles. The second-order valence-electron chi connectivity index (χ2n) is 11.0. The summed E-state index contributed by atoms with van der Waals surface area (Å²) in [7, 11) is 0. The zero-order valence-corrected chi connectivity index (χ0v) is 24.3. The van der Waals surface area contributed by atoms with Crippen molar-refractivity contribution in [2.45, 2.75) is 56.8 Å². The first kappa shape index (κ1) is 32.7. The highest BCUT2D eigenvalue weighted by molar-refractivity contribution is 6.31. The van der Waals surface area contributed by atoms with Gasteiger partial charge in [0.05, 0.1) is 29.0 Å². The number of carbonyl (C=O) groups excluding carboxylic acids is 2. The lowest BCUT2D eigenvalue weighted by molar-refractivity contribution is -0.138. The van der Waals surface area contributed by atoms with Crippen molar-refractivity contribution < 1.29 is 36.6 Å².